The number of aryl methyl sites for hydroxylation is 1. The zero-order chi connectivity index (χ0) is 24.8. The molecule has 1 aliphatic rings. The molecule has 1 saturated heterocycles. The number of aromatic nitrogens is 1. The van der Waals surface area contributed by atoms with E-state index in [9.17, 15) is 14.4 Å². The van der Waals surface area contributed by atoms with Crippen molar-refractivity contribution in [1.29, 1.82) is 0 Å². The summed E-state index contributed by atoms with van der Waals surface area (Å²) in [5, 5.41) is 4.83. The van der Waals surface area contributed by atoms with Crippen LogP contribution in [0.1, 0.15) is 65.4 Å². The molecule has 178 valence electrons. The van der Waals surface area contributed by atoms with E-state index in [1.54, 1.807) is 18.3 Å². The van der Waals surface area contributed by atoms with Crippen LogP contribution in [0.15, 0.2) is 47.8 Å². The Morgan fingerprint density at radius 1 is 1.09 bits per heavy atom. The number of rotatable bonds is 6. The third-order valence-corrected chi connectivity index (χ3v) is 7.53. The number of ketones is 1. The number of thiophene rings is 1. The highest BCUT2D eigenvalue weighted by Crippen LogP contribution is 2.31. The Hall–Kier alpha value is -3.19. The molecular weight excluding hydrogens is 446 g/mol. The standard InChI is InChI=1S/C27H31N3O3S/c1-17-14-22(18(2)29(17)15-21-8-7-13-34-21)23(31)16-30-24(32)27(6,28-25(30)33)20-11-9-19(10-12-20)26(3,4)5/h7-14H,15-16H2,1-6H3,(H,28,33). The lowest BCUT2D eigenvalue weighted by molar-refractivity contribution is -0.130. The van der Waals surface area contributed by atoms with E-state index >= 15 is 0 Å². The van der Waals surface area contributed by atoms with Gasteiger partial charge in [-0.3, -0.25) is 14.5 Å². The Morgan fingerprint density at radius 2 is 1.76 bits per heavy atom. The lowest BCUT2D eigenvalue weighted by Crippen LogP contribution is -2.41. The second kappa shape index (κ2) is 8.55. The van der Waals surface area contributed by atoms with Gasteiger partial charge in [-0.25, -0.2) is 4.79 Å². The quantitative estimate of drug-likeness (QED) is 0.394. The van der Waals surface area contributed by atoms with E-state index in [2.05, 4.69) is 36.7 Å². The van der Waals surface area contributed by atoms with E-state index < -0.39 is 17.5 Å². The van der Waals surface area contributed by atoms with Crippen molar-refractivity contribution in [2.45, 2.75) is 59.0 Å². The predicted molar refractivity (Wildman–Crippen MR) is 134 cm³/mol. The molecule has 3 aromatic rings. The molecule has 7 heteroatoms. The summed E-state index contributed by atoms with van der Waals surface area (Å²) in [6, 6.07) is 13.1. The van der Waals surface area contributed by atoms with Crippen LogP contribution in [0.4, 0.5) is 4.79 Å². The average Bonchev–Trinajstić information content (AvgIpc) is 3.45. The maximum absolute atomic E-state index is 13.3. The number of Topliss-reactive ketones (excluding diaryl/α,β-unsaturated/α-hetero) is 1. The Kier molecular flexibility index (Phi) is 6.02. The molecule has 2 aromatic heterocycles. The fourth-order valence-corrected chi connectivity index (χ4v) is 5.15. The maximum atomic E-state index is 13.3. The molecule has 0 radical (unpaired) electrons. The Bertz CT molecular complexity index is 1250. The highest BCUT2D eigenvalue weighted by atomic mass is 32.1. The molecule has 1 atom stereocenters. The van der Waals surface area contributed by atoms with E-state index in [1.165, 1.54) is 4.88 Å². The molecule has 6 nitrogen and oxygen atoms in total. The maximum Gasteiger partial charge on any atom is 0.325 e. The number of benzene rings is 1. The molecule has 34 heavy (non-hydrogen) atoms. The number of amides is 3. The minimum Gasteiger partial charge on any atom is -0.343 e. The third-order valence-electron chi connectivity index (χ3n) is 6.67. The number of carbonyl (C=O) groups excluding carboxylic acids is 3. The van der Waals surface area contributed by atoms with Crippen molar-refractivity contribution in [3.63, 3.8) is 0 Å². The smallest absolute Gasteiger partial charge is 0.325 e. The molecule has 1 unspecified atom stereocenters. The molecule has 1 N–H and O–H groups in total. The molecule has 0 aliphatic carbocycles. The number of carbonyl (C=O) groups is 3. The van der Waals surface area contributed by atoms with Crippen molar-refractivity contribution >= 4 is 29.1 Å². The van der Waals surface area contributed by atoms with Crippen molar-refractivity contribution in [3.05, 3.63) is 80.8 Å². The van der Waals surface area contributed by atoms with E-state index in [-0.39, 0.29) is 17.7 Å². The Labute approximate surface area is 204 Å². The van der Waals surface area contributed by atoms with Crippen molar-refractivity contribution < 1.29 is 14.4 Å². The van der Waals surface area contributed by atoms with E-state index in [4.69, 9.17) is 0 Å². The van der Waals surface area contributed by atoms with Crippen LogP contribution in [-0.4, -0.2) is 33.7 Å². The largest absolute Gasteiger partial charge is 0.343 e. The van der Waals surface area contributed by atoms with Crippen LogP contribution in [0.25, 0.3) is 0 Å². The lowest BCUT2D eigenvalue weighted by atomic mass is 9.84. The first-order valence-electron chi connectivity index (χ1n) is 11.4. The fourth-order valence-electron chi connectivity index (χ4n) is 4.45. The second-order valence-electron chi connectivity index (χ2n) is 10.1. The second-order valence-corrected chi connectivity index (χ2v) is 11.2. The zero-order valence-electron chi connectivity index (χ0n) is 20.6. The average molecular weight is 478 g/mol. The normalized spacial score (nSPS) is 18.5. The number of urea groups is 1. The first-order valence-corrected chi connectivity index (χ1v) is 12.3. The minimum absolute atomic E-state index is 0.0171. The van der Waals surface area contributed by atoms with Crippen molar-refractivity contribution in [3.8, 4) is 0 Å². The van der Waals surface area contributed by atoms with Gasteiger partial charge in [0.2, 0.25) is 0 Å². The van der Waals surface area contributed by atoms with Crippen LogP contribution in [0.2, 0.25) is 0 Å². The summed E-state index contributed by atoms with van der Waals surface area (Å²) in [5.41, 5.74) is 2.96. The van der Waals surface area contributed by atoms with Gasteiger partial charge in [-0.1, -0.05) is 51.1 Å². The molecule has 1 aliphatic heterocycles. The molecular formula is C27H31N3O3S. The van der Waals surface area contributed by atoms with Crippen molar-refractivity contribution in [2.24, 2.45) is 0 Å². The summed E-state index contributed by atoms with van der Waals surface area (Å²) in [6.07, 6.45) is 0. The third kappa shape index (κ3) is 4.20. The van der Waals surface area contributed by atoms with Crippen LogP contribution in [0.3, 0.4) is 0 Å². The summed E-state index contributed by atoms with van der Waals surface area (Å²) in [4.78, 5) is 41.5. The molecule has 0 spiro atoms. The van der Waals surface area contributed by atoms with Gasteiger partial charge in [-0.15, -0.1) is 11.3 Å². The van der Waals surface area contributed by atoms with Gasteiger partial charge in [-0.2, -0.15) is 0 Å². The molecule has 4 rings (SSSR count). The van der Waals surface area contributed by atoms with Gasteiger partial charge in [0.15, 0.2) is 5.78 Å². The summed E-state index contributed by atoms with van der Waals surface area (Å²) in [6.45, 7) is 12.3. The number of hydrogen-bond acceptors (Lipinski definition) is 4. The van der Waals surface area contributed by atoms with Crippen LogP contribution < -0.4 is 5.32 Å². The van der Waals surface area contributed by atoms with Crippen LogP contribution >= 0.6 is 11.3 Å². The predicted octanol–water partition coefficient (Wildman–Crippen LogP) is 5.16. The molecule has 3 amide bonds. The van der Waals surface area contributed by atoms with Crippen LogP contribution in [0.5, 0.6) is 0 Å². The van der Waals surface area contributed by atoms with Crippen molar-refractivity contribution in [2.75, 3.05) is 6.54 Å². The number of nitrogens with zero attached hydrogens (tertiary/aromatic N) is 2. The number of nitrogens with one attached hydrogen (secondary N) is 1. The highest BCUT2D eigenvalue weighted by molar-refractivity contribution is 7.09. The van der Waals surface area contributed by atoms with Crippen LogP contribution in [-0.2, 0) is 22.3 Å². The monoisotopic (exact) mass is 477 g/mol. The number of imide groups is 1. The molecule has 1 fully saturated rings. The first kappa shape index (κ1) is 24.0. The molecule has 0 saturated carbocycles. The molecule has 1 aromatic carbocycles. The summed E-state index contributed by atoms with van der Waals surface area (Å²) in [5.74, 6) is -0.664. The van der Waals surface area contributed by atoms with Gasteiger partial charge < -0.3 is 9.88 Å². The summed E-state index contributed by atoms with van der Waals surface area (Å²) < 4.78 is 2.09. The van der Waals surface area contributed by atoms with Gasteiger partial charge in [0.05, 0.1) is 13.1 Å². The van der Waals surface area contributed by atoms with Gasteiger partial charge >= 0.3 is 6.03 Å². The molecule has 3 heterocycles. The topological polar surface area (TPSA) is 71.4 Å². The minimum atomic E-state index is -1.20. The summed E-state index contributed by atoms with van der Waals surface area (Å²) in [7, 11) is 0. The van der Waals surface area contributed by atoms with E-state index in [0.29, 0.717) is 17.7 Å². The Morgan fingerprint density at radius 3 is 2.35 bits per heavy atom. The fraction of sp³-hybridized carbons (Fsp3) is 0.370. The summed E-state index contributed by atoms with van der Waals surface area (Å²) >= 11 is 1.67. The van der Waals surface area contributed by atoms with Gasteiger partial charge in [0, 0.05) is 21.8 Å². The SMILES string of the molecule is Cc1cc(C(=O)CN2C(=O)NC(C)(c3ccc(C(C)(C)C)cc3)C2=O)c(C)n1Cc1cccs1. The van der Waals surface area contributed by atoms with Gasteiger partial charge in [0.1, 0.15) is 5.54 Å². The van der Waals surface area contributed by atoms with Crippen molar-refractivity contribution in [1.82, 2.24) is 14.8 Å². The Balaban J connectivity index is 1.54. The zero-order valence-corrected chi connectivity index (χ0v) is 21.4. The number of hydrogen-bond donors (Lipinski definition) is 1. The highest BCUT2D eigenvalue weighted by Gasteiger charge is 2.49. The van der Waals surface area contributed by atoms with E-state index in [0.717, 1.165) is 21.9 Å². The van der Waals surface area contributed by atoms with E-state index in [1.807, 2.05) is 55.6 Å². The first-order chi connectivity index (χ1) is 15.9. The van der Waals surface area contributed by atoms with Crippen LogP contribution in [0, 0.1) is 13.8 Å². The van der Waals surface area contributed by atoms with Gasteiger partial charge in [-0.05, 0) is 54.8 Å². The molecule has 0 bridgehead atoms. The van der Waals surface area contributed by atoms with Gasteiger partial charge in [0.25, 0.3) is 5.91 Å². The lowest BCUT2D eigenvalue weighted by Gasteiger charge is -2.24.